The molecule has 2 aromatic rings. The fourth-order valence-corrected chi connectivity index (χ4v) is 6.36. The number of hydrogen-bond acceptors (Lipinski definition) is 0. The Morgan fingerprint density at radius 2 is 1.43 bits per heavy atom. The van der Waals surface area contributed by atoms with Crippen LogP contribution in [-0.2, 0) is 25.8 Å². The SMILES string of the molecule is C=C(C)CCCCCCCC(/C([C](=[W])c1ccc(C)cc1)=C(/C)C(=C)C)c1ccccc1CCC.CC. The molecule has 0 bridgehead atoms. The van der Waals surface area contributed by atoms with Crippen molar-refractivity contribution in [2.24, 2.45) is 0 Å². The quantitative estimate of drug-likeness (QED) is 0.101. The average Bonchev–Trinajstić information content (AvgIpc) is 2.89. The summed E-state index contributed by atoms with van der Waals surface area (Å²) in [4.78, 5) is 0. The summed E-state index contributed by atoms with van der Waals surface area (Å²) in [5, 5.41) is 0. The van der Waals surface area contributed by atoms with Crippen LogP contribution in [0.15, 0.2) is 84.0 Å². The normalized spacial score (nSPS) is 12.2. The predicted octanol–water partition coefficient (Wildman–Crippen LogP) is 11.0. The first-order valence-electron chi connectivity index (χ1n) is 14.5. The summed E-state index contributed by atoms with van der Waals surface area (Å²) in [6.07, 6.45) is 11.2. The van der Waals surface area contributed by atoms with E-state index in [1.54, 1.807) is 0 Å². The summed E-state index contributed by atoms with van der Waals surface area (Å²) < 4.78 is 1.48. The van der Waals surface area contributed by atoms with E-state index in [4.69, 9.17) is 0 Å². The molecule has 37 heavy (non-hydrogen) atoms. The third-order valence-electron chi connectivity index (χ3n) is 7.00. The zero-order chi connectivity index (χ0) is 27.8. The van der Waals surface area contributed by atoms with Crippen molar-refractivity contribution >= 4 is 3.90 Å². The Labute approximate surface area is 240 Å². The van der Waals surface area contributed by atoms with E-state index >= 15 is 0 Å². The van der Waals surface area contributed by atoms with Crippen LogP contribution in [0, 0.1) is 6.92 Å². The first-order chi connectivity index (χ1) is 17.8. The van der Waals surface area contributed by atoms with E-state index in [0.29, 0.717) is 5.92 Å². The van der Waals surface area contributed by atoms with Gasteiger partial charge in [-0.05, 0) is 0 Å². The molecule has 0 aliphatic carbocycles. The van der Waals surface area contributed by atoms with Gasteiger partial charge in [-0.15, -0.1) is 0 Å². The van der Waals surface area contributed by atoms with Crippen molar-refractivity contribution in [3.05, 3.63) is 106 Å². The molecule has 202 valence electrons. The molecule has 0 heterocycles. The van der Waals surface area contributed by atoms with Gasteiger partial charge >= 0.3 is 228 Å². The maximum Gasteiger partial charge on any atom is -0.0683 e. The van der Waals surface area contributed by atoms with Gasteiger partial charge in [-0.25, -0.2) is 0 Å². The van der Waals surface area contributed by atoms with Crippen LogP contribution in [0.2, 0.25) is 0 Å². The fourth-order valence-electron chi connectivity index (χ4n) is 4.81. The van der Waals surface area contributed by atoms with Crippen molar-refractivity contribution in [1.29, 1.82) is 0 Å². The van der Waals surface area contributed by atoms with Crippen molar-refractivity contribution < 1.29 is 19.4 Å². The van der Waals surface area contributed by atoms with Gasteiger partial charge in [-0.3, -0.25) is 0 Å². The van der Waals surface area contributed by atoms with Crippen LogP contribution in [0.1, 0.15) is 121 Å². The Kier molecular flexibility index (Phi) is 16.6. The molecule has 0 N–H and O–H groups in total. The summed E-state index contributed by atoms with van der Waals surface area (Å²) >= 11 is 1.54. The van der Waals surface area contributed by atoms with E-state index < -0.39 is 0 Å². The van der Waals surface area contributed by atoms with Crippen LogP contribution in [0.4, 0.5) is 0 Å². The van der Waals surface area contributed by atoms with Crippen LogP contribution in [0.25, 0.3) is 0 Å². The van der Waals surface area contributed by atoms with Gasteiger partial charge < -0.3 is 0 Å². The molecule has 0 saturated carbocycles. The van der Waals surface area contributed by atoms with Crippen LogP contribution >= 0.6 is 0 Å². The van der Waals surface area contributed by atoms with Crippen molar-refractivity contribution in [1.82, 2.24) is 0 Å². The minimum atomic E-state index is 0.415. The molecule has 0 aliphatic rings. The molecule has 2 aromatic carbocycles. The van der Waals surface area contributed by atoms with Crippen molar-refractivity contribution in [2.75, 3.05) is 0 Å². The van der Waals surface area contributed by atoms with Crippen molar-refractivity contribution in [3.63, 3.8) is 0 Å². The number of allylic oxidation sites excluding steroid dienone is 4. The Morgan fingerprint density at radius 3 is 2.03 bits per heavy atom. The molecule has 0 fully saturated rings. The van der Waals surface area contributed by atoms with Gasteiger partial charge in [0.05, 0.1) is 0 Å². The van der Waals surface area contributed by atoms with Gasteiger partial charge in [-0.2, -0.15) is 0 Å². The smallest absolute Gasteiger partial charge is 0.0683 e. The number of unbranched alkanes of at least 4 members (excludes halogenated alkanes) is 4. The second-order valence-electron chi connectivity index (χ2n) is 10.3. The second-order valence-corrected chi connectivity index (χ2v) is 11.7. The Morgan fingerprint density at radius 1 is 0.838 bits per heavy atom. The number of benzene rings is 2. The molecule has 0 radical (unpaired) electrons. The van der Waals surface area contributed by atoms with Crippen LogP contribution in [0.3, 0.4) is 0 Å². The molecular weight excluding hydrogens is 616 g/mol. The number of rotatable bonds is 15. The average molecular weight is 669 g/mol. The topological polar surface area (TPSA) is 0 Å². The van der Waals surface area contributed by atoms with Crippen LogP contribution in [-0.4, -0.2) is 3.90 Å². The Bertz CT molecular complexity index is 1020. The van der Waals surface area contributed by atoms with Crippen molar-refractivity contribution in [2.45, 2.75) is 112 Å². The summed E-state index contributed by atoms with van der Waals surface area (Å²) in [5.74, 6) is 0.415. The predicted molar refractivity (Wildman–Crippen MR) is 164 cm³/mol. The van der Waals surface area contributed by atoms with E-state index in [-0.39, 0.29) is 0 Å². The maximum absolute atomic E-state index is 4.38. The molecular formula is C36H52W. The van der Waals surface area contributed by atoms with Crippen molar-refractivity contribution in [3.8, 4) is 0 Å². The standard InChI is InChI=1S/C34H46.C2H6.W/c1-8-16-31-18-14-15-19-32(31)33(20-13-11-9-10-12-17-26(2)3)34(29(7)27(4)5)25-30-23-21-28(6)22-24-30;1-2;/h14-15,18-19,21-24,33H,2,4,8-13,16-17,20H2,1,3,5-7H3;1-2H3;/b34-29-;;. The minimum Gasteiger partial charge on any atom is -0.0683 e. The van der Waals surface area contributed by atoms with Gasteiger partial charge in [0.1, 0.15) is 0 Å². The second kappa shape index (κ2) is 18.5. The maximum atomic E-state index is 4.38. The molecule has 0 aliphatic heterocycles. The molecule has 0 spiro atoms. The molecule has 0 nitrogen and oxygen atoms in total. The summed E-state index contributed by atoms with van der Waals surface area (Å²) in [5.41, 5.74) is 11.1. The third kappa shape index (κ3) is 11.2. The molecule has 0 saturated heterocycles. The number of aryl methyl sites for hydroxylation is 2. The van der Waals surface area contributed by atoms with E-state index in [9.17, 15) is 0 Å². The molecule has 0 aromatic heterocycles. The zero-order valence-electron chi connectivity index (χ0n) is 24.9. The van der Waals surface area contributed by atoms with E-state index in [0.717, 1.165) is 6.42 Å². The molecule has 2 rings (SSSR count). The summed E-state index contributed by atoms with van der Waals surface area (Å²) in [6.45, 7) is 23.5. The van der Waals surface area contributed by atoms with E-state index in [2.05, 4.69) is 96.3 Å². The molecule has 1 atom stereocenters. The fraction of sp³-hybridized carbons (Fsp3) is 0.472. The first-order valence-corrected chi connectivity index (χ1v) is 15.9. The van der Waals surface area contributed by atoms with Gasteiger partial charge in [-0.1, -0.05) is 13.8 Å². The van der Waals surface area contributed by atoms with Gasteiger partial charge in [0.2, 0.25) is 0 Å². The first kappa shape index (κ1) is 33.2. The number of hydrogen-bond donors (Lipinski definition) is 0. The van der Waals surface area contributed by atoms with E-state index in [1.165, 1.54) is 119 Å². The third-order valence-corrected chi connectivity index (χ3v) is 8.63. The minimum absolute atomic E-state index is 0.415. The summed E-state index contributed by atoms with van der Waals surface area (Å²) in [6, 6.07) is 18.3. The Balaban J connectivity index is 0.00000334. The van der Waals surface area contributed by atoms with Crippen LogP contribution < -0.4 is 0 Å². The van der Waals surface area contributed by atoms with Gasteiger partial charge in [0.25, 0.3) is 0 Å². The Hall–Kier alpha value is -1.78. The molecule has 1 heteroatoms. The van der Waals surface area contributed by atoms with E-state index in [1.807, 2.05) is 13.8 Å². The van der Waals surface area contributed by atoms with Crippen LogP contribution in [0.5, 0.6) is 0 Å². The van der Waals surface area contributed by atoms with Gasteiger partial charge in [0.15, 0.2) is 0 Å². The zero-order valence-corrected chi connectivity index (χ0v) is 27.8. The van der Waals surface area contributed by atoms with Gasteiger partial charge in [0, 0.05) is 0 Å². The summed E-state index contributed by atoms with van der Waals surface area (Å²) in [7, 11) is 0. The monoisotopic (exact) mass is 668 g/mol. The molecule has 0 amide bonds. The molecule has 1 unspecified atom stereocenters. The largest absolute Gasteiger partial charge is 0.0683 e.